The molecule has 3 N–H and O–H groups in total. The van der Waals surface area contributed by atoms with Crippen molar-refractivity contribution < 1.29 is 4.79 Å². The molecule has 1 fully saturated rings. The largest absolute Gasteiger partial charge is 0.399 e. The van der Waals surface area contributed by atoms with Gasteiger partial charge >= 0.3 is 0 Å². The second-order valence-electron chi connectivity index (χ2n) is 6.46. The first-order valence-corrected chi connectivity index (χ1v) is 7.85. The van der Waals surface area contributed by atoms with Gasteiger partial charge in [0.2, 0.25) is 5.91 Å². The Morgan fingerprint density at radius 2 is 2.10 bits per heavy atom. The zero-order valence-electron chi connectivity index (χ0n) is 13.3. The van der Waals surface area contributed by atoms with Gasteiger partial charge in [0.15, 0.2) is 0 Å². The lowest BCUT2D eigenvalue weighted by molar-refractivity contribution is -0.126. The molecule has 0 radical (unpaired) electrons. The zero-order valence-corrected chi connectivity index (χ0v) is 13.3. The number of anilines is 1. The molecule has 1 amide bonds. The summed E-state index contributed by atoms with van der Waals surface area (Å²) in [6.45, 7) is 7.74. The summed E-state index contributed by atoms with van der Waals surface area (Å²) < 4.78 is 0. The Bertz CT molecular complexity index is 483. The number of hydrogen-bond acceptors (Lipinski definition) is 3. The van der Waals surface area contributed by atoms with E-state index in [1.54, 1.807) is 0 Å². The summed E-state index contributed by atoms with van der Waals surface area (Å²) in [4.78, 5) is 14.6. The highest BCUT2D eigenvalue weighted by molar-refractivity contribution is 5.81. The van der Waals surface area contributed by atoms with Gasteiger partial charge in [0.25, 0.3) is 0 Å². The average Bonchev–Trinajstić information content (AvgIpc) is 3.26. The third-order valence-corrected chi connectivity index (χ3v) is 3.89. The van der Waals surface area contributed by atoms with E-state index in [4.69, 9.17) is 5.73 Å². The first kappa shape index (κ1) is 15.8. The fourth-order valence-electron chi connectivity index (χ4n) is 2.49. The highest BCUT2D eigenvalue weighted by Gasteiger charge is 2.34. The number of nitrogens with one attached hydrogen (secondary N) is 1. The molecule has 0 bridgehead atoms. The Morgan fingerprint density at radius 3 is 2.67 bits per heavy atom. The Labute approximate surface area is 127 Å². The monoisotopic (exact) mass is 289 g/mol. The summed E-state index contributed by atoms with van der Waals surface area (Å²) in [5.41, 5.74) is 7.79. The number of amides is 1. The number of nitrogens with two attached hydrogens (primary N) is 1. The van der Waals surface area contributed by atoms with Crippen molar-refractivity contribution in [3.8, 4) is 0 Å². The highest BCUT2D eigenvalue weighted by Crippen LogP contribution is 2.30. The van der Waals surface area contributed by atoms with Crippen LogP contribution in [0.15, 0.2) is 24.3 Å². The fourth-order valence-corrected chi connectivity index (χ4v) is 2.49. The molecule has 4 nitrogen and oxygen atoms in total. The molecule has 21 heavy (non-hydrogen) atoms. The fraction of sp³-hybridized carbons (Fsp3) is 0.588. The maximum Gasteiger partial charge on any atom is 0.237 e. The lowest BCUT2D eigenvalue weighted by Gasteiger charge is -2.28. The number of carbonyl (C=O) groups is 1. The summed E-state index contributed by atoms with van der Waals surface area (Å²) in [6.07, 6.45) is 2.37. The molecule has 1 aliphatic carbocycles. The van der Waals surface area contributed by atoms with Crippen LogP contribution in [0.2, 0.25) is 0 Å². The van der Waals surface area contributed by atoms with E-state index in [2.05, 4.69) is 30.1 Å². The molecule has 2 rings (SSSR count). The third-order valence-electron chi connectivity index (χ3n) is 3.89. The van der Waals surface area contributed by atoms with Gasteiger partial charge in [-0.15, -0.1) is 0 Å². The number of hydrogen-bond donors (Lipinski definition) is 2. The normalized spacial score (nSPS) is 16.2. The molecular formula is C17H27N3O. The molecular weight excluding hydrogens is 262 g/mol. The van der Waals surface area contributed by atoms with E-state index in [0.29, 0.717) is 12.0 Å². The van der Waals surface area contributed by atoms with Crippen molar-refractivity contribution in [1.29, 1.82) is 0 Å². The maximum absolute atomic E-state index is 12.3. The topological polar surface area (TPSA) is 58.4 Å². The van der Waals surface area contributed by atoms with Crippen LogP contribution >= 0.6 is 0 Å². The summed E-state index contributed by atoms with van der Waals surface area (Å²) in [6, 6.07) is 8.37. The minimum atomic E-state index is -0.0994. The molecule has 0 aliphatic heterocycles. The summed E-state index contributed by atoms with van der Waals surface area (Å²) in [7, 11) is 0. The molecule has 1 saturated carbocycles. The van der Waals surface area contributed by atoms with E-state index >= 15 is 0 Å². The minimum Gasteiger partial charge on any atom is -0.399 e. The van der Waals surface area contributed by atoms with Crippen molar-refractivity contribution in [2.75, 3.05) is 12.3 Å². The predicted octanol–water partition coefficient (Wildman–Crippen LogP) is 2.39. The number of carbonyl (C=O) groups excluding carboxylic acids is 1. The van der Waals surface area contributed by atoms with E-state index in [1.807, 2.05) is 25.1 Å². The number of benzene rings is 1. The Hall–Kier alpha value is -1.55. The van der Waals surface area contributed by atoms with Gasteiger partial charge in [0.1, 0.15) is 0 Å². The van der Waals surface area contributed by atoms with Crippen LogP contribution in [-0.4, -0.2) is 29.4 Å². The number of rotatable bonds is 7. The van der Waals surface area contributed by atoms with E-state index < -0.39 is 0 Å². The average molecular weight is 289 g/mol. The highest BCUT2D eigenvalue weighted by atomic mass is 16.2. The van der Waals surface area contributed by atoms with Crippen LogP contribution in [0.5, 0.6) is 0 Å². The maximum atomic E-state index is 12.3. The van der Waals surface area contributed by atoms with Crippen LogP contribution < -0.4 is 11.1 Å². The van der Waals surface area contributed by atoms with Gasteiger partial charge in [0.05, 0.1) is 6.04 Å². The quantitative estimate of drug-likeness (QED) is 0.758. The molecule has 116 valence electrons. The first-order valence-electron chi connectivity index (χ1n) is 7.85. The molecule has 1 aromatic rings. The van der Waals surface area contributed by atoms with Crippen LogP contribution in [0.25, 0.3) is 0 Å². The van der Waals surface area contributed by atoms with Crippen molar-refractivity contribution in [2.45, 2.75) is 52.2 Å². The van der Waals surface area contributed by atoms with E-state index in [0.717, 1.165) is 18.8 Å². The minimum absolute atomic E-state index is 0.0994. The van der Waals surface area contributed by atoms with Crippen LogP contribution in [0.3, 0.4) is 0 Å². The third kappa shape index (κ3) is 4.74. The van der Waals surface area contributed by atoms with Crippen molar-refractivity contribution in [3.63, 3.8) is 0 Å². The van der Waals surface area contributed by atoms with E-state index in [1.165, 1.54) is 18.4 Å². The molecule has 0 spiro atoms. The van der Waals surface area contributed by atoms with E-state index in [9.17, 15) is 4.79 Å². The number of nitrogens with zero attached hydrogens (tertiary/aromatic N) is 1. The van der Waals surface area contributed by atoms with Crippen molar-refractivity contribution >= 4 is 11.6 Å². The van der Waals surface area contributed by atoms with Crippen LogP contribution in [-0.2, 0) is 11.3 Å². The second kappa shape index (κ2) is 6.94. The molecule has 1 aliphatic rings. The Kier molecular flexibility index (Phi) is 5.23. The second-order valence-corrected chi connectivity index (χ2v) is 6.46. The molecule has 0 aromatic heterocycles. The summed E-state index contributed by atoms with van der Waals surface area (Å²) in [5.74, 6) is 0.601. The van der Waals surface area contributed by atoms with Gasteiger partial charge in [-0.2, -0.15) is 0 Å². The van der Waals surface area contributed by atoms with Crippen LogP contribution in [0.1, 0.15) is 39.2 Å². The first-order chi connectivity index (χ1) is 9.97. The lowest BCUT2D eigenvalue weighted by atomic mass is 10.1. The van der Waals surface area contributed by atoms with Crippen LogP contribution in [0.4, 0.5) is 5.69 Å². The summed E-state index contributed by atoms with van der Waals surface area (Å²) in [5, 5.41) is 3.04. The van der Waals surface area contributed by atoms with Crippen molar-refractivity contribution in [1.82, 2.24) is 10.2 Å². The predicted molar refractivity (Wildman–Crippen MR) is 86.7 cm³/mol. The molecule has 1 aromatic carbocycles. The van der Waals surface area contributed by atoms with Gasteiger partial charge in [-0.1, -0.05) is 26.0 Å². The van der Waals surface area contributed by atoms with Gasteiger partial charge < -0.3 is 11.1 Å². The van der Waals surface area contributed by atoms with Gasteiger partial charge in [-0.3, -0.25) is 9.69 Å². The summed E-state index contributed by atoms with van der Waals surface area (Å²) >= 11 is 0. The molecule has 0 saturated heterocycles. The Balaban J connectivity index is 1.99. The SMILES string of the molecule is CC(C)CNC(=O)C(C)N(Cc1cccc(N)c1)C1CC1. The van der Waals surface area contributed by atoms with Gasteiger partial charge in [-0.25, -0.2) is 0 Å². The standard InChI is InChI=1S/C17H27N3O/c1-12(2)10-19-17(21)13(3)20(16-7-8-16)11-14-5-4-6-15(18)9-14/h4-6,9,12-13,16H,7-8,10-11,18H2,1-3H3,(H,19,21). The Morgan fingerprint density at radius 1 is 1.38 bits per heavy atom. The molecule has 1 atom stereocenters. The van der Waals surface area contributed by atoms with Crippen LogP contribution in [0, 0.1) is 5.92 Å². The smallest absolute Gasteiger partial charge is 0.237 e. The molecule has 0 heterocycles. The lowest BCUT2D eigenvalue weighted by Crippen LogP contribution is -2.46. The van der Waals surface area contributed by atoms with Gasteiger partial charge in [0, 0.05) is 24.8 Å². The molecule has 4 heteroatoms. The van der Waals surface area contributed by atoms with Gasteiger partial charge in [-0.05, 0) is 43.4 Å². The van der Waals surface area contributed by atoms with Crippen molar-refractivity contribution in [3.05, 3.63) is 29.8 Å². The van der Waals surface area contributed by atoms with E-state index in [-0.39, 0.29) is 11.9 Å². The van der Waals surface area contributed by atoms with Crippen molar-refractivity contribution in [2.24, 2.45) is 5.92 Å². The number of nitrogen functional groups attached to an aromatic ring is 1. The zero-order chi connectivity index (χ0) is 15.4. The molecule has 1 unspecified atom stereocenters.